The number of carbonyl (C=O) groups excluding carboxylic acids is 2. The van der Waals surface area contributed by atoms with E-state index in [9.17, 15) is 9.59 Å². The molecule has 21 heavy (non-hydrogen) atoms. The molecule has 0 saturated carbocycles. The van der Waals surface area contributed by atoms with Crippen molar-refractivity contribution in [1.82, 2.24) is 10.2 Å². The highest BCUT2D eigenvalue weighted by molar-refractivity contribution is 6.04. The Kier molecular flexibility index (Phi) is 2.52. The largest absolute Gasteiger partial charge is 0.347 e. The van der Waals surface area contributed by atoms with E-state index >= 15 is 0 Å². The van der Waals surface area contributed by atoms with Crippen LogP contribution in [-0.4, -0.2) is 35.3 Å². The maximum absolute atomic E-state index is 12.7. The van der Waals surface area contributed by atoms with Gasteiger partial charge in [-0.05, 0) is 30.0 Å². The normalized spacial score (nSPS) is 22.3. The van der Waals surface area contributed by atoms with Crippen LogP contribution in [0.5, 0.6) is 0 Å². The number of likely N-dealkylation sites (tertiary alicyclic amines) is 1. The SMILES string of the molecule is CC1=C(C(=O)N2CC3(CCC(=O)N3)C2)Cc2ccccc21. The van der Waals surface area contributed by atoms with Gasteiger partial charge in [-0.2, -0.15) is 0 Å². The molecule has 1 aromatic carbocycles. The van der Waals surface area contributed by atoms with Gasteiger partial charge in [-0.15, -0.1) is 0 Å². The van der Waals surface area contributed by atoms with E-state index in [0.717, 1.165) is 24.0 Å². The lowest BCUT2D eigenvalue weighted by atomic mass is 9.87. The molecule has 1 spiro atoms. The number of nitrogens with one attached hydrogen (secondary N) is 1. The lowest BCUT2D eigenvalue weighted by Gasteiger charge is -2.48. The zero-order chi connectivity index (χ0) is 14.6. The standard InChI is InChI=1S/C17H18N2O2/c1-11-13-5-3-2-4-12(13)8-14(11)16(21)19-9-17(10-19)7-6-15(20)18-17/h2-5H,6-10H2,1H3,(H,18,20). The molecular formula is C17H18N2O2. The van der Waals surface area contributed by atoms with Crippen LogP contribution in [0.4, 0.5) is 0 Å². The zero-order valence-electron chi connectivity index (χ0n) is 12.1. The Bertz CT molecular complexity index is 684. The number of nitrogens with zero attached hydrogens (tertiary/aromatic N) is 1. The van der Waals surface area contributed by atoms with Crippen molar-refractivity contribution in [2.24, 2.45) is 0 Å². The summed E-state index contributed by atoms with van der Waals surface area (Å²) in [5, 5.41) is 3.02. The van der Waals surface area contributed by atoms with Crippen molar-refractivity contribution in [3.63, 3.8) is 0 Å². The molecule has 2 fully saturated rings. The zero-order valence-corrected chi connectivity index (χ0v) is 12.1. The molecule has 0 aromatic heterocycles. The van der Waals surface area contributed by atoms with Gasteiger partial charge in [0.2, 0.25) is 5.91 Å². The fraction of sp³-hybridized carbons (Fsp3) is 0.412. The number of benzene rings is 1. The van der Waals surface area contributed by atoms with Crippen molar-refractivity contribution in [2.75, 3.05) is 13.1 Å². The summed E-state index contributed by atoms with van der Waals surface area (Å²) in [4.78, 5) is 25.9. The molecule has 4 heteroatoms. The average molecular weight is 282 g/mol. The van der Waals surface area contributed by atoms with E-state index in [1.54, 1.807) is 0 Å². The van der Waals surface area contributed by atoms with E-state index in [2.05, 4.69) is 17.4 Å². The van der Waals surface area contributed by atoms with Crippen molar-refractivity contribution in [1.29, 1.82) is 0 Å². The predicted octanol–water partition coefficient (Wildman–Crippen LogP) is 1.51. The molecule has 108 valence electrons. The second kappa shape index (κ2) is 4.20. The predicted molar refractivity (Wildman–Crippen MR) is 79.4 cm³/mol. The minimum Gasteiger partial charge on any atom is -0.347 e. The first kappa shape index (κ1) is 12.6. The summed E-state index contributed by atoms with van der Waals surface area (Å²) in [6, 6.07) is 8.21. The fourth-order valence-electron chi connectivity index (χ4n) is 3.79. The summed E-state index contributed by atoms with van der Waals surface area (Å²) in [6.45, 7) is 3.35. The highest BCUT2D eigenvalue weighted by atomic mass is 16.2. The van der Waals surface area contributed by atoms with Gasteiger partial charge in [-0.25, -0.2) is 0 Å². The van der Waals surface area contributed by atoms with E-state index in [-0.39, 0.29) is 17.4 Å². The smallest absolute Gasteiger partial charge is 0.250 e. The molecule has 0 atom stereocenters. The maximum Gasteiger partial charge on any atom is 0.250 e. The molecule has 4 rings (SSSR count). The quantitative estimate of drug-likeness (QED) is 0.849. The first-order valence-electron chi connectivity index (χ1n) is 7.46. The van der Waals surface area contributed by atoms with Gasteiger partial charge in [0.1, 0.15) is 0 Å². The van der Waals surface area contributed by atoms with Gasteiger partial charge in [0.05, 0.1) is 5.54 Å². The van der Waals surface area contributed by atoms with Gasteiger partial charge in [-0.3, -0.25) is 9.59 Å². The van der Waals surface area contributed by atoms with Crippen molar-refractivity contribution in [3.05, 3.63) is 41.0 Å². The monoisotopic (exact) mass is 282 g/mol. The highest BCUT2D eigenvalue weighted by Gasteiger charge is 2.49. The van der Waals surface area contributed by atoms with Gasteiger partial charge >= 0.3 is 0 Å². The van der Waals surface area contributed by atoms with Gasteiger partial charge in [-0.1, -0.05) is 24.3 Å². The summed E-state index contributed by atoms with van der Waals surface area (Å²) in [7, 11) is 0. The van der Waals surface area contributed by atoms with Gasteiger partial charge in [0.25, 0.3) is 5.91 Å². The molecule has 3 aliphatic rings. The summed E-state index contributed by atoms with van der Waals surface area (Å²) in [5.74, 6) is 0.251. The molecule has 0 radical (unpaired) electrons. The number of rotatable bonds is 1. The molecule has 2 amide bonds. The van der Waals surface area contributed by atoms with Gasteiger partial charge in [0, 0.05) is 31.5 Å². The Morgan fingerprint density at radius 3 is 2.71 bits per heavy atom. The molecule has 4 nitrogen and oxygen atoms in total. The molecule has 2 saturated heterocycles. The minimum absolute atomic E-state index is 0.116. The van der Waals surface area contributed by atoms with Crippen molar-refractivity contribution in [3.8, 4) is 0 Å². The summed E-state index contributed by atoms with van der Waals surface area (Å²) >= 11 is 0. The van der Waals surface area contributed by atoms with E-state index in [0.29, 0.717) is 19.5 Å². The lowest BCUT2D eigenvalue weighted by molar-refractivity contribution is -0.136. The second-order valence-corrected chi connectivity index (χ2v) is 6.43. The molecule has 0 bridgehead atoms. The van der Waals surface area contributed by atoms with Crippen LogP contribution >= 0.6 is 0 Å². The Labute approximate surface area is 123 Å². The van der Waals surface area contributed by atoms with E-state index in [1.165, 1.54) is 11.1 Å². The van der Waals surface area contributed by atoms with Crippen LogP contribution in [0.15, 0.2) is 29.8 Å². The lowest BCUT2D eigenvalue weighted by Crippen LogP contribution is -2.68. The Hall–Kier alpha value is -2.10. The van der Waals surface area contributed by atoms with Crippen molar-refractivity contribution < 1.29 is 9.59 Å². The van der Waals surface area contributed by atoms with Gasteiger partial charge in [0.15, 0.2) is 0 Å². The number of amides is 2. The number of fused-ring (bicyclic) bond motifs is 1. The van der Waals surface area contributed by atoms with Crippen LogP contribution in [0.2, 0.25) is 0 Å². The summed E-state index contributed by atoms with van der Waals surface area (Å²) in [6.07, 6.45) is 2.18. The summed E-state index contributed by atoms with van der Waals surface area (Å²) in [5.41, 5.74) is 4.32. The van der Waals surface area contributed by atoms with Crippen LogP contribution in [0.1, 0.15) is 30.9 Å². The topological polar surface area (TPSA) is 49.4 Å². The number of carbonyl (C=O) groups is 2. The van der Waals surface area contributed by atoms with Crippen molar-refractivity contribution >= 4 is 17.4 Å². The molecule has 1 aliphatic carbocycles. The number of hydrogen-bond acceptors (Lipinski definition) is 2. The molecule has 1 N–H and O–H groups in total. The molecule has 2 aliphatic heterocycles. The second-order valence-electron chi connectivity index (χ2n) is 6.43. The first-order chi connectivity index (χ1) is 10.1. The van der Waals surface area contributed by atoms with Crippen LogP contribution < -0.4 is 5.32 Å². The van der Waals surface area contributed by atoms with Crippen LogP contribution in [0, 0.1) is 0 Å². The van der Waals surface area contributed by atoms with E-state index < -0.39 is 0 Å². The Balaban J connectivity index is 1.51. The Morgan fingerprint density at radius 2 is 2.05 bits per heavy atom. The minimum atomic E-state index is -0.132. The molecule has 2 heterocycles. The van der Waals surface area contributed by atoms with Crippen LogP contribution in [-0.2, 0) is 16.0 Å². The van der Waals surface area contributed by atoms with Crippen LogP contribution in [0.25, 0.3) is 5.57 Å². The van der Waals surface area contributed by atoms with E-state index in [1.807, 2.05) is 24.0 Å². The van der Waals surface area contributed by atoms with Gasteiger partial charge < -0.3 is 10.2 Å². The molecule has 0 unspecified atom stereocenters. The molecular weight excluding hydrogens is 264 g/mol. The van der Waals surface area contributed by atoms with E-state index in [4.69, 9.17) is 0 Å². The summed E-state index contributed by atoms with van der Waals surface area (Å²) < 4.78 is 0. The van der Waals surface area contributed by atoms with Crippen molar-refractivity contribution in [2.45, 2.75) is 31.7 Å². The number of hydrogen-bond donors (Lipinski definition) is 1. The van der Waals surface area contributed by atoms with Crippen LogP contribution in [0.3, 0.4) is 0 Å². The third-order valence-corrected chi connectivity index (χ3v) is 5.01. The maximum atomic E-state index is 12.7. The highest BCUT2D eigenvalue weighted by Crippen LogP contribution is 2.36. The fourth-order valence-corrected chi connectivity index (χ4v) is 3.79. The Morgan fingerprint density at radius 1 is 1.29 bits per heavy atom. The third-order valence-electron chi connectivity index (χ3n) is 5.01. The average Bonchev–Trinajstić information content (AvgIpc) is 2.99. The molecule has 1 aromatic rings. The number of allylic oxidation sites excluding steroid dienone is 1. The third kappa shape index (κ3) is 1.82. The first-order valence-corrected chi connectivity index (χ1v) is 7.46.